The Morgan fingerprint density at radius 3 is 2.86 bits per heavy atom. The summed E-state index contributed by atoms with van der Waals surface area (Å²) in [6, 6.07) is 0. The van der Waals surface area contributed by atoms with Crippen LogP contribution in [-0.4, -0.2) is 31.2 Å². The molecule has 3 N–H and O–H groups in total. The molecule has 0 spiro atoms. The minimum absolute atomic E-state index is 0.0944. The van der Waals surface area contributed by atoms with Gasteiger partial charge in [-0.25, -0.2) is 0 Å². The van der Waals surface area contributed by atoms with Gasteiger partial charge in [-0.05, 0) is 32.6 Å². The Balaban J connectivity index is 2.22. The molecule has 1 rings (SSSR count). The number of ether oxygens (including phenoxy) is 1. The standard InChI is InChI=1S/C10H20N2O2/c1-10(2,11)9(13)12-6-8-4-3-5-14-7-8/h8H,3-7,11H2,1-2H3,(H,12,13)/t8-/m0/s1. The summed E-state index contributed by atoms with van der Waals surface area (Å²) in [6.07, 6.45) is 2.22. The van der Waals surface area contributed by atoms with Crippen LogP contribution in [0.4, 0.5) is 0 Å². The SMILES string of the molecule is CC(C)(N)C(=O)NC[C@@H]1CCCOC1. The van der Waals surface area contributed by atoms with Crippen LogP contribution in [0.25, 0.3) is 0 Å². The highest BCUT2D eigenvalue weighted by atomic mass is 16.5. The van der Waals surface area contributed by atoms with E-state index in [0.29, 0.717) is 12.5 Å². The highest BCUT2D eigenvalue weighted by Crippen LogP contribution is 2.12. The van der Waals surface area contributed by atoms with Crippen LogP contribution < -0.4 is 11.1 Å². The average molecular weight is 200 g/mol. The fourth-order valence-corrected chi connectivity index (χ4v) is 1.43. The van der Waals surface area contributed by atoms with Gasteiger partial charge in [-0.1, -0.05) is 0 Å². The zero-order chi connectivity index (χ0) is 10.6. The first-order valence-corrected chi connectivity index (χ1v) is 5.15. The van der Waals surface area contributed by atoms with Gasteiger partial charge in [0, 0.05) is 13.2 Å². The maximum atomic E-state index is 11.4. The number of hydrogen-bond acceptors (Lipinski definition) is 3. The smallest absolute Gasteiger partial charge is 0.239 e. The summed E-state index contributed by atoms with van der Waals surface area (Å²) in [6.45, 7) is 5.71. The molecule has 82 valence electrons. The third kappa shape index (κ3) is 3.64. The van der Waals surface area contributed by atoms with Crippen molar-refractivity contribution < 1.29 is 9.53 Å². The van der Waals surface area contributed by atoms with E-state index in [2.05, 4.69) is 5.32 Å². The fourth-order valence-electron chi connectivity index (χ4n) is 1.43. The van der Waals surface area contributed by atoms with E-state index in [0.717, 1.165) is 26.1 Å². The van der Waals surface area contributed by atoms with Gasteiger partial charge in [-0.3, -0.25) is 4.79 Å². The molecule has 1 atom stereocenters. The number of nitrogens with two attached hydrogens (primary N) is 1. The lowest BCUT2D eigenvalue weighted by molar-refractivity contribution is -0.125. The molecule has 0 bridgehead atoms. The summed E-state index contributed by atoms with van der Waals surface area (Å²) < 4.78 is 5.32. The molecule has 0 aromatic rings. The van der Waals surface area contributed by atoms with Crippen molar-refractivity contribution in [3.8, 4) is 0 Å². The summed E-state index contributed by atoms with van der Waals surface area (Å²) in [5.74, 6) is 0.359. The van der Waals surface area contributed by atoms with Crippen LogP contribution in [0.3, 0.4) is 0 Å². The molecular formula is C10H20N2O2. The van der Waals surface area contributed by atoms with Crippen molar-refractivity contribution in [3.05, 3.63) is 0 Å². The molecule has 4 nitrogen and oxygen atoms in total. The Morgan fingerprint density at radius 1 is 1.64 bits per heavy atom. The van der Waals surface area contributed by atoms with Crippen LogP contribution in [-0.2, 0) is 9.53 Å². The second kappa shape index (κ2) is 4.75. The van der Waals surface area contributed by atoms with Crippen molar-refractivity contribution in [2.24, 2.45) is 11.7 Å². The van der Waals surface area contributed by atoms with Gasteiger partial charge >= 0.3 is 0 Å². The van der Waals surface area contributed by atoms with Crippen molar-refractivity contribution in [1.29, 1.82) is 0 Å². The number of hydrogen-bond donors (Lipinski definition) is 2. The quantitative estimate of drug-likeness (QED) is 0.687. The molecular weight excluding hydrogens is 180 g/mol. The molecule has 0 unspecified atom stereocenters. The molecule has 0 aromatic carbocycles. The molecule has 0 aliphatic carbocycles. The number of nitrogens with one attached hydrogen (secondary N) is 1. The van der Waals surface area contributed by atoms with Gasteiger partial charge in [0.1, 0.15) is 0 Å². The van der Waals surface area contributed by atoms with Crippen molar-refractivity contribution >= 4 is 5.91 Å². The molecule has 0 aromatic heterocycles. The first kappa shape index (κ1) is 11.5. The lowest BCUT2D eigenvalue weighted by Crippen LogP contribution is -2.50. The molecule has 1 saturated heterocycles. The van der Waals surface area contributed by atoms with Crippen LogP contribution in [0, 0.1) is 5.92 Å². The minimum atomic E-state index is -0.782. The second-order valence-corrected chi connectivity index (χ2v) is 4.51. The first-order chi connectivity index (χ1) is 6.50. The van der Waals surface area contributed by atoms with E-state index in [4.69, 9.17) is 10.5 Å². The van der Waals surface area contributed by atoms with E-state index >= 15 is 0 Å². The van der Waals surface area contributed by atoms with E-state index in [9.17, 15) is 4.79 Å². The number of carbonyl (C=O) groups is 1. The third-order valence-corrected chi connectivity index (χ3v) is 2.39. The summed E-state index contributed by atoms with van der Waals surface area (Å²) in [5.41, 5.74) is 4.87. The van der Waals surface area contributed by atoms with E-state index in [-0.39, 0.29) is 5.91 Å². The monoisotopic (exact) mass is 200 g/mol. The Kier molecular flexibility index (Phi) is 3.89. The summed E-state index contributed by atoms with van der Waals surface area (Å²) >= 11 is 0. The second-order valence-electron chi connectivity index (χ2n) is 4.51. The van der Waals surface area contributed by atoms with Crippen molar-refractivity contribution in [3.63, 3.8) is 0 Å². The molecule has 0 saturated carbocycles. The van der Waals surface area contributed by atoms with Gasteiger partial charge in [0.25, 0.3) is 0 Å². The van der Waals surface area contributed by atoms with Crippen molar-refractivity contribution in [2.75, 3.05) is 19.8 Å². The Morgan fingerprint density at radius 2 is 2.36 bits per heavy atom. The van der Waals surface area contributed by atoms with E-state index in [1.165, 1.54) is 0 Å². The van der Waals surface area contributed by atoms with Crippen LogP contribution in [0.1, 0.15) is 26.7 Å². The molecule has 1 heterocycles. The largest absolute Gasteiger partial charge is 0.381 e. The first-order valence-electron chi connectivity index (χ1n) is 5.15. The molecule has 14 heavy (non-hydrogen) atoms. The molecule has 0 radical (unpaired) electrons. The van der Waals surface area contributed by atoms with Crippen LogP contribution in [0.5, 0.6) is 0 Å². The van der Waals surface area contributed by atoms with E-state index in [1.54, 1.807) is 13.8 Å². The molecule has 4 heteroatoms. The zero-order valence-electron chi connectivity index (χ0n) is 9.01. The summed E-state index contributed by atoms with van der Waals surface area (Å²) in [7, 11) is 0. The van der Waals surface area contributed by atoms with Gasteiger partial charge in [0.2, 0.25) is 5.91 Å². The van der Waals surface area contributed by atoms with Crippen LogP contribution >= 0.6 is 0 Å². The normalized spacial score (nSPS) is 23.2. The highest BCUT2D eigenvalue weighted by Gasteiger charge is 2.23. The van der Waals surface area contributed by atoms with Crippen LogP contribution in [0.2, 0.25) is 0 Å². The molecule has 1 aliphatic rings. The fraction of sp³-hybridized carbons (Fsp3) is 0.900. The van der Waals surface area contributed by atoms with E-state index < -0.39 is 5.54 Å². The Labute approximate surface area is 85.2 Å². The molecule has 1 aliphatic heterocycles. The maximum Gasteiger partial charge on any atom is 0.239 e. The predicted molar refractivity (Wildman–Crippen MR) is 54.8 cm³/mol. The minimum Gasteiger partial charge on any atom is -0.381 e. The maximum absolute atomic E-state index is 11.4. The van der Waals surface area contributed by atoms with Gasteiger partial charge in [-0.2, -0.15) is 0 Å². The van der Waals surface area contributed by atoms with Gasteiger partial charge in [-0.15, -0.1) is 0 Å². The van der Waals surface area contributed by atoms with Gasteiger partial charge < -0.3 is 15.8 Å². The number of rotatable bonds is 3. The Hall–Kier alpha value is -0.610. The number of carbonyl (C=O) groups excluding carboxylic acids is 1. The third-order valence-electron chi connectivity index (χ3n) is 2.39. The summed E-state index contributed by atoms with van der Waals surface area (Å²) in [4.78, 5) is 11.4. The average Bonchev–Trinajstić information content (AvgIpc) is 2.14. The van der Waals surface area contributed by atoms with E-state index in [1.807, 2.05) is 0 Å². The van der Waals surface area contributed by atoms with Crippen molar-refractivity contribution in [2.45, 2.75) is 32.2 Å². The van der Waals surface area contributed by atoms with Crippen molar-refractivity contribution in [1.82, 2.24) is 5.32 Å². The topological polar surface area (TPSA) is 64.4 Å². The molecule has 1 amide bonds. The lowest BCUT2D eigenvalue weighted by Gasteiger charge is -2.24. The summed E-state index contributed by atoms with van der Waals surface area (Å²) in [5, 5.41) is 2.85. The predicted octanol–water partition coefficient (Wildman–Crippen LogP) is 0.267. The zero-order valence-corrected chi connectivity index (χ0v) is 9.01. The van der Waals surface area contributed by atoms with Gasteiger partial charge in [0.15, 0.2) is 0 Å². The Bertz CT molecular complexity index is 193. The number of amides is 1. The van der Waals surface area contributed by atoms with Gasteiger partial charge in [0.05, 0.1) is 12.1 Å². The molecule has 1 fully saturated rings. The highest BCUT2D eigenvalue weighted by molar-refractivity contribution is 5.84. The lowest BCUT2D eigenvalue weighted by atomic mass is 10.0. The van der Waals surface area contributed by atoms with Crippen LogP contribution in [0.15, 0.2) is 0 Å².